The molecule has 3 heterocycles. The highest BCUT2D eigenvalue weighted by molar-refractivity contribution is 5.92. The first-order valence-electron chi connectivity index (χ1n) is 11.0. The molecule has 0 spiro atoms. The lowest BCUT2D eigenvalue weighted by Gasteiger charge is -2.34. The number of carbonyl (C=O) groups is 3. The van der Waals surface area contributed by atoms with Crippen molar-refractivity contribution in [3.63, 3.8) is 0 Å². The van der Waals surface area contributed by atoms with Crippen molar-refractivity contribution in [1.29, 1.82) is 0 Å². The molecular formula is C24H24N4O5. The van der Waals surface area contributed by atoms with Crippen molar-refractivity contribution in [3.8, 4) is 5.69 Å². The first-order chi connectivity index (χ1) is 16.1. The summed E-state index contributed by atoms with van der Waals surface area (Å²) in [6, 6.07) is 14.4. The molecule has 2 aromatic heterocycles. The van der Waals surface area contributed by atoms with E-state index in [9.17, 15) is 14.4 Å². The van der Waals surface area contributed by atoms with Gasteiger partial charge in [0, 0.05) is 32.1 Å². The minimum absolute atomic E-state index is 0.195. The summed E-state index contributed by atoms with van der Waals surface area (Å²) < 4.78 is 12.1. The first kappa shape index (κ1) is 21.0. The minimum Gasteiger partial charge on any atom is -0.459 e. The Kier molecular flexibility index (Phi) is 5.68. The predicted molar refractivity (Wildman–Crippen MR) is 117 cm³/mol. The van der Waals surface area contributed by atoms with Gasteiger partial charge in [-0.2, -0.15) is 5.10 Å². The summed E-state index contributed by atoms with van der Waals surface area (Å²) in [6.07, 6.45) is 3.58. The van der Waals surface area contributed by atoms with Crippen molar-refractivity contribution >= 4 is 17.8 Å². The van der Waals surface area contributed by atoms with Gasteiger partial charge in [-0.1, -0.05) is 18.2 Å². The Bertz CT molecular complexity index is 1140. The van der Waals surface area contributed by atoms with E-state index >= 15 is 0 Å². The van der Waals surface area contributed by atoms with E-state index in [-0.39, 0.29) is 24.2 Å². The average molecular weight is 448 g/mol. The highest BCUT2D eigenvalue weighted by Crippen LogP contribution is 2.39. The van der Waals surface area contributed by atoms with E-state index in [2.05, 4.69) is 5.10 Å². The van der Waals surface area contributed by atoms with Crippen LogP contribution in [-0.4, -0.2) is 70.1 Å². The quantitative estimate of drug-likeness (QED) is 0.538. The molecule has 1 saturated carbocycles. The molecule has 2 fully saturated rings. The van der Waals surface area contributed by atoms with Gasteiger partial charge in [-0.15, -0.1) is 0 Å². The molecule has 0 bridgehead atoms. The van der Waals surface area contributed by atoms with Gasteiger partial charge in [0.05, 0.1) is 17.6 Å². The Labute approximate surface area is 190 Å². The molecule has 0 radical (unpaired) electrons. The Hall–Kier alpha value is -3.88. The molecule has 1 saturated heterocycles. The number of rotatable bonds is 6. The fraction of sp³-hybridized carbons (Fsp3) is 0.333. The molecule has 2 aliphatic rings. The van der Waals surface area contributed by atoms with Crippen LogP contribution in [0, 0.1) is 0 Å². The molecule has 9 nitrogen and oxygen atoms in total. The SMILES string of the molecule is O=C(OCC(=O)N1CCN(C(=O)c2ccco2)CC1)c1cc(C2CC2)nn1-c1ccccc1. The monoisotopic (exact) mass is 448 g/mol. The maximum Gasteiger partial charge on any atom is 0.357 e. The van der Waals surface area contributed by atoms with Gasteiger partial charge < -0.3 is 19.0 Å². The summed E-state index contributed by atoms with van der Waals surface area (Å²) in [4.78, 5) is 41.1. The average Bonchev–Trinajstić information content (AvgIpc) is 3.37. The number of aromatic nitrogens is 2. The van der Waals surface area contributed by atoms with Gasteiger partial charge in [0.15, 0.2) is 18.1 Å². The Balaban J connectivity index is 1.19. The number of para-hydroxylation sites is 1. The fourth-order valence-corrected chi connectivity index (χ4v) is 3.90. The second-order valence-electron chi connectivity index (χ2n) is 8.20. The van der Waals surface area contributed by atoms with Gasteiger partial charge in [0.2, 0.25) is 0 Å². The van der Waals surface area contributed by atoms with Crippen LogP contribution in [0.5, 0.6) is 0 Å². The Morgan fingerprint density at radius 3 is 2.36 bits per heavy atom. The van der Waals surface area contributed by atoms with Gasteiger partial charge in [0.1, 0.15) is 0 Å². The number of ether oxygens (including phenoxy) is 1. The summed E-state index contributed by atoms with van der Waals surface area (Å²) in [5.41, 5.74) is 1.94. The minimum atomic E-state index is -0.585. The van der Waals surface area contributed by atoms with Gasteiger partial charge >= 0.3 is 5.97 Å². The fourth-order valence-electron chi connectivity index (χ4n) is 3.90. The molecule has 9 heteroatoms. The maximum atomic E-state index is 12.8. The standard InChI is InChI=1S/C24H24N4O5/c29-22(26-10-12-27(13-11-26)23(30)21-7-4-14-32-21)16-33-24(31)20-15-19(17-8-9-17)25-28(20)18-5-2-1-3-6-18/h1-7,14-15,17H,8-13,16H2. The summed E-state index contributed by atoms with van der Waals surface area (Å²) in [7, 11) is 0. The van der Waals surface area contributed by atoms with E-state index in [4.69, 9.17) is 9.15 Å². The second kappa shape index (κ2) is 8.93. The van der Waals surface area contributed by atoms with E-state index in [1.807, 2.05) is 30.3 Å². The topological polar surface area (TPSA) is 97.9 Å². The molecule has 1 aliphatic heterocycles. The zero-order valence-corrected chi connectivity index (χ0v) is 18.1. The number of amides is 2. The zero-order chi connectivity index (χ0) is 22.8. The highest BCUT2D eigenvalue weighted by atomic mass is 16.5. The third kappa shape index (κ3) is 4.52. The summed E-state index contributed by atoms with van der Waals surface area (Å²) in [5.74, 6) is -0.410. The molecule has 1 aliphatic carbocycles. The lowest BCUT2D eigenvalue weighted by Crippen LogP contribution is -2.51. The van der Waals surface area contributed by atoms with Crippen molar-refractivity contribution in [3.05, 3.63) is 71.9 Å². The zero-order valence-electron chi connectivity index (χ0n) is 18.1. The van der Waals surface area contributed by atoms with E-state index in [1.54, 1.807) is 32.7 Å². The number of furan rings is 1. The number of hydrogen-bond acceptors (Lipinski definition) is 6. The van der Waals surface area contributed by atoms with Crippen LogP contribution < -0.4 is 0 Å². The lowest BCUT2D eigenvalue weighted by molar-refractivity contribution is -0.136. The van der Waals surface area contributed by atoms with Crippen LogP contribution >= 0.6 is 0 Å². The molecule has 1 aromatic carbocycles. The maximum absolute atomic E-state index is 12.8. The van der Waals surface area contributed by atoms with Crippen molar-refractivity contribution < 1.29 is 23.5 Å². The van der Waals surface area contributed by atoms with Gasteiger partial charge in [-0.25, -0.2) is 9.48 Å². The molecule has 0 atom stereocenters. The first-order valence-corrected chi connectivity index (χ1v) is 11.0. The van der Waals surface area contributed by atoms with Crippen LogP contribution in [0.15, 0.2) is 59.2 Å². The van der Waals surface area contributed by atoms with Gasteiger partial charge in [-0.3, -0.25) is 9.59 Å². The van der Waals surface area contributed by atoms with Crippen molar-refractivity contribution in [2.45, 2.75) is 18.8 Å². The van der Waals surface area contributed by atoms with Crippen LogP contribution in [0.1, 0.15) is 45.5 Å². The van der Waals surface area contributed by atoms with E-state index in [1.165, 1.54) is 6.26 Å². The van der Waals surface area contributed by atoms with Crippen molar-refractivity contribution in [2.24, 2.45) is 0 Å². The van der Waals surface area contributed by atoms with Crippen molar-refractivity contribution in [1.82, 2.24) is 19.6 Å². The summed E-state index contributed by atoms with van der Waals surface area (Å²) in [5, 5.41) is 4.60. The Morgan fingerprint density at radius 1 is 0.970 bits per heavy atom. The molecule has 170 valence electrons. The molecule has 0 unspecified atom stereocenters. The largest absolute Gasteiger partial charge is 0.459 e. The molecular weight excluding hydrogens is 424 g/mol. The highest BCUT2D eigenvalue weighted by Gasteiger charge is 2.30. The van der Waals surface area contributed by atoms with Crippen LogP contribution in [0.3, 0.4) is 0 Å². The van der Waals surface area contributed by atoms with Gasteiger partial charge in [-0.05, 0) is 43.2 Å². The number of carbonyl (C=O) groups excluding carboxylic acids is 3. The number of piperazine rings is 1. The molecule has 5 rings (SSSR count). The van der Waals surface area contributed by atoms with E-state index in [0.29, 0.717) is 37.8 Å². The number of esters is 1. The normalized spacial score (nSPS) is 16.0. The lowest BCUT2D eigenvalue weighted by atomic mass is 10.2. The number of hydrogen-bond donors (Lipinski definition) is 0. The smallest absolute Gasteiger partial charge is 0.357 e. The molecule has 3 aromatic rings. The van der Waals surface area contributed by atoms with E-state index < -0.39 is 5.97 Å². The van der Waals surface area contributed by atoms with Gasteiger partial charge in [0.25, 0.3) is 11.8 Å². The summed E-state index contributed by atoms with van der Waals surface area (Å²) >= 11 is 0. The molecule has 33 heavy (non-hydrogen) atoms. The predicted octanol–water partition coefficient (Wildman–Crippen LogP) is 2.48. The third-order valence-corrected chi connectivity index (χ3v) is 5.91. The molecule has 2 amide bonds. The Morgan fingerprint density at radius 2 is 1.70 bits per heavy atom. The second-order valence-corrected chi connectivity index (χ2v) is 8.20. The van der Waals surface area contributed by atoms with Crippen LogP contribution in [0.4, 0.5) is 0 Å². The van der Waals surface area contributed by atoms with Crippen LogP contribution in [-0.2, 0) is 9.53 Å². The van der Waals surface area contributed by atoms with Crippen molar-refractivity contribution in [2.75, 3.05) is 32.8 Å². The number of nitrogens with zero attached hydrogens (tertiary/aromatic N) is 4. The van der Waals surface area contributed by atoms with Crippen LogP contribution in [0.25, 0.3) is 5.69 Å². The molecule has 0 N–H and O–H groups in total. The van der Waals surface area contributed by atoms with Crippen LogP contribution in [0.2, 0.25) is 0 Å². The summed E-state index contributed by atoms with van der Waals surface area (Å²) in [6.45, 7) is 1.17. The van der Waals surface area contributed by atoms with E-state index in [0.717, 1.165) is 24.2 Å². The number of benzene rings is 1. The third-order valence-electron chi connectivity index (χ3n) is 5.91.